The van der Waals surface area contributed by atoms with Crippen LogP contribution in [0.2, 0.25) is 0 Å². The molecule has 0 aliphatic carbocycles. The summed E-state index contributed by atoms with van der Waals surface area (Å²) >= 11 is 0. The third-order valence-electron chi connectivity index (χ3n) is 6.05. The van der Waals surface area contributed by atoms with Crippen LogP contribution < -0.4 is 5.32 Å². The van der Waals surface area contributed by atoms with Crippen LogP contribution in [-0.4, -0.2) is 96.4 Å². The van der Waals surface area contributed by atoms with Gasteiger partial charge in [-0.15, -0.1) is 0 Å². The largest absolute Gasteiger partial charge is 0.394 e. The standard InChI is InChI=1S/C20H27FN4O4/c21-15-3-1-14(2-4-15)17(12-26)23-7-9-24(10-8-23)20(28)25-6-5-18-16(11-25)22-19(27)13-29-18/h1-4,16-18,26H,5-13H2,(H,22,27). The van der Waals surface area contributed by atoms with Crippen LogP contribution in [0, 0.1) is 5.82 Å². The lowest BCUT2D eigenvalue weighted by molar-refractivity contribution is -0.139. The van der Waals surface area contributed by atoms with E-state index in [2.05, 4.69) is 10.2 Å². The third-order valence-corrected chi connectivity index (χ3v) is 6.05. The average molecular weight is 406 g/mol. The van der Waals surface area contributed by atoms with E-state index in [-0.39, 0.29) is 49.2 Å². The first-order valence-corrected chi connectivity index (χ1v) is 10.1. The van der Waals surface area contributed by atoms with Gasteiger partial charge in [0.25, 0.3) is 0 Å². The number of ether oxygens (including phenoxy) is 1. The number of hydrogen-bond donors (Lipinski definition) is 2. The molecular formula is C20H27FN4O4. The number of piperazine rings is 1. The normalized spacial score (nSPS) is 26.6. The smallest absolute Gasteiger partial charge is 0.320 e. The van der Waals surface area contributed by atoms with Crippen LogP contribution in [-0.2, 0) is 9.53 Å². The molecule has 3 heterocycles. The number of carbonyl (C=O) groups excluding carboxylic acids is 2. The van der Waals surface area contributed by atoms with Crippen LogP contribution in [0.3, 0.4) is 0 Å². The number of aliphatic hydroxyl groups excluding tert-OH is 1. The number of likely N-dealkylation sites (tertiary alicyclic amines) is 1. The highest BCUT2D eigenvalue weighted by Gasteiger charge is 2.38. The molecule has 1 aromatic carbocycles. The lowest BCUT2D eigenvalue weighted by Gasteiger charge is -2.44. The lowest BCUT2D eigenvalue weighted by Crippen LogP contribution is -2.63. The first kappa shape index (κ1) is 20.1. The highest BCUT2D eigenvalue weighted by atomic mass is 19.1. The number of nitrogens with zero attached hydrogens (tertiary/aromatic N) is 3. The Morgan fingerprint density at radius 3 is 2.59 bits per heavy atom. The molecule has 158 valence electrons. The number of nitrogens with one attached hydrogen (secondary N) is 1. The van der Waals surface area contributed by atoms with E-state index in [9.17, 15) is 19.1 Å². The van der Waals surface area contributed by atoms with Crippen LogP contribution in [0.15, 0.2) is 24.3 Å². The van der Waals surface area contributed by atoms with Gasteiger partial charge in [-0.25, -0.2) is 9.18 Å². The van der Waals surface area contributed by atoms with Gasteiger partial charge in [0.15, 0.2) is 0 Å². The number of aliphatic hydroxyl groups is 1. The Balaban J connectivity index is 1.32. The molecule has 3 aliphatic heterocycles. The molecule has 3 fully saturated rings. The number of carbonyl (C=O) groups is 2. The monoisotopic (exact) mass is 406 g/mol. The molecule has 8 nitrogen and oxygen atoms in total. The summed E-state index contributed by atoms with van der Waals surface area (Å²) in [5.74, 6) is -0.436. The molecule has 4 rings (SSSR count). The fraction of sp³-hybridized carbons (Fsp3) is 0.600. The second kappa shape index (κ2) is 8.64. The average Bonchev–Trinajstić information content (AvgIpc) is 2.75. The van der Waals surface area contributed by atoms with E-state index in [0.29, 0.717) is 45.7 Å². The predicted octanol–water partition coefficient (Wildman–Crippen LogP) is 0.186. The van der Waals surface area contributed by atoms with Crippen molar-refractivity contribution in [3.8, 4) is 0 Å². The van der Waals surface area contributed by atoms with E-state index in [0.717, 1.165) is 5.56 Å². The molecule has 0 aromatic heterocycles. The van der Waals surface area contributed by atoms with E-state index in [1.54, 1.807) is 17.0 Å². The highest BCUT2D eigenvalue weighted by Crippen LogP contribution is 2.23. The van der Waals surface area contributed by atoms with Crippen LogP contribution >= 0.6 is 0 Å². The molecule has 3 saturated heterocycles. The summed E-state index contributed by atoms with van der Waals surface area (Å²) in [6, 6.07) is 5.80. The fourth-order valence-electron chi connectivity index (χ4n) is 4.42. The number of halogens is 1. The molecule has 9 heteroatoms. The molecule has 3 amide bonds. The molecule has 3 aliphatic rings. The van der Waals surface area contributed by atoms with E-state index >= 15 is 0 Å². The number of amides is 3. The topological polar surface area (TPSA) is 85.4 Å². The molecular weight excluding hydrogens is 379 g/mol. The van der Waals surface area contributed by atoms with E-state index < -0.39 is 0 Å². The maximum Gasteiger partial charge on any atom is 0.320 e. The molecule has 1 aromatic rings. The van der Waals surface area contributed by atoms with Crippen molar-refractivity contribution in [3.05, 3.63) is 35.6 Å². The van der Waals surface area contributed by atoms with Crippen LogP contribution in [0.4, 0.5) is 9.18 Å². The maximum atomic E-state index is 13.2. The summed E-state index contributed by atoms with van der Waals surface area (Å²) in [5.41, 5.74) is 0.865. The van der Waals surface area contributed by atoms with Gasteiger partial charge in [-0.3, -0.25) is 9.69 Å². The molecule has 3 atom stereocenters. The zero-order chi connectivity index (χ0) is 20.4. The predicted molar refractivity (Wildman–Crippen MR) is 103 cm³/mol. The van der Waals surface area contributed by atoms with Gasteiger partial charge in [0.2, 0.25) is 5.91 Å². The fourth-order valence-corrected chi connectivity index (χ4v) is 4.42. The van der Waals surface area contributed by atoms with E-state index in [1.165, 1.54) is 12.1 Å². The van der Waals surface area contributed by atoms with Crippen molar-refractivity contribution in [2.75, 3.05) is 52.5 Å². The molecule has 3 unspecified atom stereocenters. The first-order valence-electron chi connectivity index (χ1n) is 10.1. The number of piperidine rings is 1. The zero-order valence-electron chi connectivity index (χ0n) is 16.3. The molecule has 0 radical (unpaired) electrons. The van der Waals surface area contributed by atoms with Gasteiger partial charge in [0.05, 0.1) is 24.8 Å². The van der Waals surface area contributed by atoms with Gasteiger partial charge in [-0.05, 0) is 24.1 Å². The van der Waals surface area contributed by atoms with Crippen molar-refractivity contribution < 1.29 is 23.8 Å². The summed E-state index contributed by atoms with van der Waals surface area (Å²) in [6.07, 6.45) is 0.697. The zero-order valence-corrected chi connectivity index (χ0v) is 16.3. The van der Waals surface area contributed by atoms with Crippen molar-refractivity contribution in [3.63, 3.8) is 0 Å². The second-order valence-electron chi connectivity index (χ2n) is 7.81. The number of rotatable bonds is 3. The summed E-state index contributed by atoms with van der Waals surface area (Å²) in [5, 5.41) is 12.8. The van der Waals surface area contributed by atoms with Crippen LogP contribution in [0.5, 0.6) is 0 Å². The molecule has 0 bridgehead atoms. The minimum Gasteiger partial charge on any atom is -0.394 e. The van der Waals surface area contributed by atoms with Gasteiger partial charge in [0, 0.05) is 39.3 Å². The van der Waals surface area contributed by atoms with E-state index in [4.69, 9.17) is 4.74 Å². The van der Waals surface area contributed by atoms with Gasteiger partial charge in [0.1, 0.15) is 12.4 Å². The Labute approximate surface area is 169 Å². The van der Waals surface area contributed by atoms with Crippen molar-refractivity contribution in [1.29, 1.82) is 0 Å². The Morgan fingerprint density at radius 1 is 1.17 bits per heavy atom. The Morgan fingerprint density at radius 2 is 1.90 bits per heavy atom. The summed E-state index contributed by atoms with van der Waals surface area (Å²) < 4.78 is 18.7. The number of urea groups is 1. The van der Waals surface area contributed by atoms with Crippen molar-refractivity contribution >= 4 is 11.9 Å². The van der Waals surface area contributed by atoms with E-state index in [1.807, 2.05) is 4.90 Å². The first-order chi connectivity index (χ1) is 14.0. The number of hydrogen-bond acceptors (Lipinski definition) is 5. The minimum absolute atomic E-state index is 0.0189. The SMILES string of the molecule is O=C1COC2CCN(C(=O)N3CCN(C(CO)c4ccc(F)cc4)CC3)CC2N1. The summed E-state index contributed by atoms with van der Waals surface area (Å²) in [6.45, 7) is 3.50. The number of fused-ring (bicyclic) bond motifs is 1. The maximum absolute atomic E-state index is 13.2. The van der Waals surface area contributed by atoms with Gasteiger partial charge in [-0.1, -0.05) is 12.1 Å². The molecule has 0 saturated carbocycles. The molecule has 2 N–H and O–H groups in total. The van der Waals surface area contributed by atoms with Gasteiger partial charge < -0.3 is 25.0 Å². The van der Waals surface area contributed by atoms with Crippen molar-refractivity contribution in [2.24, 2.45) is 0 Å². The van der Waals surface area contributed by atoms with Crippen LogP contribution in [0.1, 0.15) is 18.0 Å². The van der Waals surface area contributed by atoms with Crippen LogP contribution in [0.25, 0.3) is 0 Å². The van der Waals surface area contributed by atoms with Gasteiger partial charge >= 0.3 is 6.03 Å². The van der Waals surface area contributed by atoms with Crippen molar-refractivity contribution in [2.45, 2.75) is 24.6 Å². The Bertz CT molecular complexity index is 739. The third kappa shape index (κ3) is 4.36. The lowest BCUT2D eigenvalue weighted by atomic mass is 10.0. The summed E-state index contributed by atoms with van der Waals surface area (Å²) in [4.78, 5) is 30.2. The summed E-state index contributed by atoms with van der Waals surface area (Å²) in [7, 11) is 0. The highest BCUT2D eigenvalue weighted by molar-refractivity contribution is 5.79. The van der Waals surface area contributed by atoms with Gasteiger partial charge in [-0.2, -0.15) is 0 Å². The Hall–Kier alpha value is -2.23. The minimum atomic E-state index is -0.302. The quantitative estimate of drug-likeness (QED) is 0.749. The number of benzene rings is 1. The van der Waals surface area contributed by atoms with Crippen molar-refractivity contribution in [1.82, 2.24) is 20.0 Å². The molecule has 0 spiro atoms. The number of morpholine rings is 1. The molecule has 29 heavy (non-hydrogen) atoms. The Kier molecular flexibility index (Phi) is 5.98. The second-order valence-corrected chi connectivity index (χ2v) is 7.81.